The molecule has 11 heteroatoms. The van der Waals surface area contributed by atoms with Crippen molar-refractivity contribution in [3.63, 3.8) is 0 Å². The fourth-order valence-corrected chi connectivity index (χ4v) is 7.98. The molecule has 1 aliphatic carbocycles. The van der Waals surface area contributed by atoms with Gasteiger partial charge in [-0.05, 0) is 70.0 Å². The zero-order valence-corrected chi connectivity index (χ0v) is 23.4. The van der Waals surface area contributed by atoms with Gasteiger partial charge in [0, 0.05) is 47.9 Å². The fraction of sp³-hybridized carbons (Fsp3) is 0.760. The number of sulfonamides is 1. The highest BCUT2D eigenvalue weighted by Gasteiger charge is 2.43. The number of piperidine rings is 1. The molecule has 1 aromatic rings. The topological polar surface area (TPSA) is 117 Å². The van der Waals surface area contributed by atoms with Gasteiger partial charge in [0.05, 0.1) is 18.0 Å². The van der Waals surface area contributed by atoms with E-state index in [0.29, 0.717) is 25.2 Å². The van der Waals surface area contributed by atoms with Crippen molar-refractivity contribution in [3.05, 3.63) is 21.4 Å². The van der Waals surface area contributed by atoms with Gasteiger partial charge in [-0.2, -0.15) is 0 Å². The maximum Gasteiger partial charge on any atom is 0.213 e. The number of ether oxygens (including phenoxy) is 1. The van der Waals surface area contributed by atoms with Gasteiger partial charge in [-0.1, -0.05) is 6.92 Å². The molecule has 3 aliphatic rings. The smallest absolute Gasteiger partial charge is 0.213 e. The number of carbonyl (C=O) groups is 2. The van der Waals surface area contributed by atoms with Crippen LogP contribution in [0.4, 0.5) is 0 Å². The first kappa shape index (κ1) is 29.2. The summed E-state index contributed by atoms with van der Waals surface area (Å²) in [4.78, 5) is 23.7. The molecule has 204 valence electrons. The molecule has 9 nitrogen and oxygen atoms in total. The van der Waals surface area contributed by atoms with E-state index in [2.05, 4.69) is 27.9 Å². The van der Waals surface area contributed by atoms with Crippen molar-refractivity contribution in [1.29, 1.82) is 0 Å². The van der Waals surface area contributed by atoms with Crippen molar-refractivity contribution < 1.29 is 22.7 Å². The van der Waals surface area contributed by atoms with Crippen molar-refractivity contribution in [3.8, 4) is 0 Å². The lowest BCUT2D eigenvalue weighted by atomic mass is 9.78. The Labute approximate surface area is 219 Å². The van der Waals surface area contributed by atoms with Crippen LogP contribution < -0.4 is 15.4 Å². The van der Waals surface area contributed by atoms with Crippen LogP contribution in [0.3, 0.4) is 0 Å². The number of fused-ring (bicyclic) bond motifs is 2. The molecule has 3 N–H and O–H groups in total. The molecule has 1 saturated carbocycles. The van der Waals surface area contributed by atoms with E-state index < -0.39 is 10.0 Å². The molecule has 0 bridgehead atoms. The predicted molar refractivity (Wildman–Crippen MR) is 143 cm³/mol. The molecule has 36 heavy (non-hydrogen) atoms. The Hall–Kier alpha value is -1.37. The Balaban J connectivity index is 0.000000658. The molecule has 1 aromatic heterocycles. The monoisotopic (exact) mass is 542 g/mol. The van der Waals surface area contributed by atoms with Crippen LogP contribution in [0.1, 0.15) is 61.3 Å². The van der Waals surface area contributed by atoms with Gasteiger partial charge in [0.15, 0.2) is 0 Å². The molecule has 0 aromatic carbocycles. The van der Waals surface area contributed by atoms with Gasteiger partial charge < -0.3 is 20.3 Å². The molecule has 0 radical (unpaired) electrons. The van der Waals surface area contributed by atoms with E-state index in [0.717, 1.165) is 64.8 Å². The second-order valence-electron chi connectivity index (χ2n) is 10.1. The lowest BCUT2D eigenvalue weighted by Crippen LogP contribution is -2.51. The Morgan fingerprint density at radius 2 is 1.94 bits per heavy atom. The molecule has 3 heterocycles. The number of rotatable bonds is 11. The van der Waals surface area contributed by atoms with Crippen LogP contribution in [0.15, 0.2) is 6.07 Å². The number of likely N-dealkylation sites (tertiary alicyclic amines) is 1. The van der Waals surface area contributed by atoms with E-state index in [1.54, 1.807) is 10.2 Å². The third-order valence-electron chi connectivity index (χ3n) is 7.62. The van der Waals surface area contributed by atoms with Crippen LogP contribution in [-0.4, -0.2) is 77.3 Å². The minimum Gasteiger partial charge on any atom is -0.370 e. The first-order valence-electron chi connectivity index (χ1n) is 13.0. The summed E-state index contributed by atoms with van der Waals surface area (Å²) in [5, 5.41) is 4.85. The fourth-order valence-electron chi connectivity index (χ4n) is 5.32. The maximum absolute atomic E-state index is 12.3. The Bertz CT molecular complexity index is 948. The summed E-state index contributed by atoms with van der Waals surface area (Å²) in [6, 6.07) is 2.76. The van der Waals surface area contributed by atoms with Gasteiger partial charge in [0.1, 0.15) is 0 Å². The third kappa shape index (κ3) is 7.82. The Kier molecular flexibility index (Phi) is 10.9. The summed E-state index contributed by atoms with van der Waals surface area (Å²) < 4.78 is 33.9. The molecule has 4 rings (SSSR count). The van der Waals surface area contributed by atoms with Gasteiger partial charge in [-0.25, -0.2) is 13.1 Å². The van der Waals surface area contributed by atoms with Gasteiger partial charge in [0.25, 0.3) is 0 Å². The van der Waals surface area contributed by atoms with Crippen molar-refractivity contribution in [1.82, 2.24) is 20.3 Å². The SMILES string of the molecule is CCc1cc2c(s1)CCOC21CCN(CC2CC(NS(=O)(=O)CCC(C)NC)C2)CC1.O=CNC=O. The molecule has 2 aliphatic heterocycles. The van der Waals surface area contributed by atoms with Crippen molar-refractivity contribution in [2.24, 2.45) is 5.92 Å². The molecule has 1 saturated heterocycles. The van der Waals surface area contributed by atoms with Gasteiger partial charge in [0.2, 0.25) is 22.8 Å². The predicted octanol–water partition coefficient (Wildman–Crippen LogP) is 1.76. The minimum absolute atomic E-state index is 0.0593. The number of hydrogen-bond donors (Lipinski definition) is 3. The number of imide groups is 1. The zero-order valence-electron chi connectivity index (χ0n) is 21.8. The van der Waals surface area contributed by atoms with E-state index in [9.17, 15) is 8.42 Å². The van der Waals surface area contributed by atoms with Crippen LogP contribution in [-0.2, 0) is 42.8 Å². The first-order chi connectivity index (χ1) is 17.2. The first-order valence-corrected chi connectivity index (χ1v) is 15.5. The zero-order chi connectivity index (χ0) is 26.2. The summed E-state index contributed by atoms with van der Waals surface area (Å²) in [7, 11) is -1.30. The highest BCUT2D eigenvalue weighted by molar-refractivity contribution is 7.89. The number of amides is 2. The van der Waals surface area contributed by atoms with Crippen LogP contribution in [0.25, 0.3) is 0 Å². The number of carbonyl (C=O) groups excluding carboxylic acids is 2. The van der Waals surface area contributed by atoms with Crippen LogP contribution in [0.2, 0.25) is 0 Å². The number of nitrogens with zero attached hydrogens (tertiary/aromatic N) is 1. The van der Waals surface area contributed by atoms with Crippen LogP contribution in [0.5, 0.6) is 0 Å². The second kappa shape index (κ2) is 13.4. The van der Waals surface area contributed by atoms with Crippen molar-refractivity contribution >= 4 is 34.2 Å². The number of nitrogens with one attached hydrogen (secondary N) is 3. The van der Waals surface area contributed by atoms with Gasteiger partial charge in [-0.3, -0.25) is 9.59 Å². The summed E-state index contributed by atoms with van der Waals surface area (Å²) in [5.74, 6) is 0.808. The quantitative estimate of drug-likeness (QED) is 0.365. The third-order valence-corrected chi connectivity index (χ3v) is 10.4. The summed E-state index contributed by atoms with van der Waals surface area (Å²) in [6.45, 7) is 8.34. The molecule has 1 unspecified atom stereocenters. The Morgan fingerprint density at radius 1 is 1.25 bits per heavy atom. The standard InChI is InChI=1S/C23H39N3O3S2.C2H3NO2/c1-4-20-15-21-22(30-20)5-11-29-23(21)7-9-26(10-8-23)16-18-13-19(14-18)25-31(27,28)12-6-17(2)24-3;4-1-3-2-5/h15,17-19,24-25H,4-14,16H2,1-3H3;1-2H,(H,3,4,5). The molecular formula is C25H42N4O5S2. The number of hydrogen-bond acceptors (Lipinski definition) is 8. The minimum atomic E-state index is -3.17. The van der Waals surface area contributed by atoms with Crippen LogP contribution >= 0.6 is 11.3 Å². The maximum atomic E-state index is 12.3. The molecule has 1 spiro atoms. The van der Waals surface area contributed by atoms with Gasteiger partial charge in [-0.15, -0.1) is 11.3 Å². The lowest BCUT2D eigenvalue weighted by Gasteiger charge is -2.46. The molecule has 1 atom stereocenters. The van der Waals surface area contributed by atoms with Crippen molar-refractivity contribution in [2.45, 2.75) is 76.5 Å². The highest BCUT2D eigenvalue weighted by Crippen LogP contribution is 2.45. The van der Waals surface area contributed by atoms with E-state index in [1.165, 1.54) is 10.4 Å². The van der Waals surface area contributed by atoms with Crippen LogP contribution in [0, 0.1) is 5.92 Å². The van der Waals surface area contributed by atoms with Gasteiger partial charge >= 0.3 is 0 Å². The molecular weight excluding hydrogens is 500 g/mol. The Morgan fingerprint density at radius 3 is 2.53 bits per heavy atom. The normalized spacial score (nSPS) is 24.1. The number of aryl methyl sites for hydroxylation is 1. The average molecular weight is 543 g/mol. The highest BCUT2D eigenvalue weighted by atomic mass is 32.2. The van der Waals surface area contributed by atoms with E-state index in [4.69, 9.17) is 14.3 Å². The van der Waals surface area contributed by atoms with E-state index in [1.807, 2.05) is 25.3 Å². The summed E-state index contributed by atoms with van der Waals surface area (Å²) in [6.07, 6.45) is 7.53. The molecule has 2 fully saturated rings. The summed E-state index contributed by atoms with van der Waals surface area (Å²) >= 11 is 1.98. The molecule has 2 amide bonds. The van der Waals surface area contributed by atoms with E-state index >= 15 is 0 Å². The van der Waals surface area contributed by atoms with Crippen molar-refractivity contribution in [2.75, 3.05) is 39.0 Å². The van der Waals surface area contributed by atoms with E-state index in [-0.39, 0.29) is 23.4 Å². The largest absolute Gasteiger partial charge is 0.370 e. The average Bonchev–Trinajstić information content (AvgIpc) is 3.29. The summed E-state index contributed by atoms with van der Waals surface area (Å²) in [5.41, 5.74) is 1.42. The number of thiophene rings is 1. The lowest BCUT2D eigenvalue weighted by molar-refractivity contribution is -0.117. The second-order valence-corrected chi connectivity index (χ2v) is 13.2.